The predicted molar refractivity (Wildman–Crippen MR) is 49.5 cm³/mol. The monoisotopic (exact) mass is 211 g/mol. The van der Waals surface area contributed by atoms with Crippen molar-refractivity contribution in [3.05, 3.63) is 34.4 Å². The maximum Gasteiger partial charge on any atom is 0.335 e. The molecule has 80 valence electrons. The van der Waals surface area contributed by atoms with Gasteiger partial charge in [-0.2, -0.15) is 0 Å². The molecule has 1 amide bonds. The molecular formula is C9H9NO5. The lowest BCUT2D eigenvalue weighted by atomic mass is 10.2. The first-order valence-corrected chi connectivity index (χ1v) is 4.13. The van der Waals surface area contributed by atoms with E-state index in [1.54, 1.807) is 0 Å². The molecule has 0 radical (unpaired) electrons. The topological polar surface area (TPSA) is 96.6 Å². The Morgan fingerprint density at radius 1 is 1.47 bits per heavy atom. The molecule has 0 fully saturated rings. The van der Waals surface area contributed by atoms with Gasteiger partial charge in [-0.1, -0.05) is 0 Å². The Bertz CT molecular complexity index is 416. The van der Waals surface area contributed by atoms with Crippen molar-refractivity contribution in [2.24, 2.45) is 0 Å². The number of hydrogen-bond donors (Lipinski definition) is 2. The molecule has 0 saturated heterocycles. The molecule has 0 unspecified atom stereocenters. The van der Waals surface area contributed by atoms with Gasteiger partial charge in [-0.15, -0.1) is 0 Å². The maximum atomic E-state index is 11.3. The standard InChI is InChI=1S/C9H9NO5/c1-5(9(13)14)10-8(12)6-2-3-7(11)15-4-6/h2-5H,1H3,(H,10,12)(H,13,14)/t5-/m0/s1. The van der Waals surface area contributed by atoms with Gasteiger partial charge in [-0.3, -0.25) is 9.59 Å². The highest BCUT2D eigenvalue weighted by Gasteiger charge is 2.15. The molecule has 0 aliphatic heterocycles. The quantitative estimate of drug-likeness (QED) is 0.724. The third kappa shape index (κ3) is 2.94. The number of carboxylic acid groups (broad SMARTS) is 1. The van der Waals surface area contributed by atoms with Crippen molar-refractivity contribution in [1.29, 1.82) is 0 Å². The molecule has 0 aliphatic rings. The molecule has 1 rings (SSSR count). The Balaban J connectivity index is 2.73. The second kappa shape index (κ2) is 4.41. The molecule has 6 nitrogen and oxygen atoms in total. The van der Waals surface area contributed by atoms with Gasteiger partial charge in [0.1, 0.15) is 12.3 Å². The van der Waals surface area contributed by atoms with Gasteiger partial charge in [0.2, 0.25) is 0 Å². The summed E-state index contributed by atoms with van der Waals surface area (Å²) in [6, 6.07) is 1.35. The van der Waals surface area contributed by atoms with E-state index in [4.69, 9.17) is 5.11 Å². The number of carbonyl (C=O) groups is 2. The van der Waals surface area contributed by atoms with Crippen molar-refractivity contribution in [3.63, 3.8) is 0 Å². The maximum absolute atomic E-state index is 11.3. The van der Waals surface area contributed by atoms with Crippen molar-refractivity contribution in [3.8, 4) is 0 Å². The van der Waals surface area contributed by atoms with Crippen molar-refractivity contribution in [1.82, 2.24) is 5.32 Å². The van der Waals surface area contributed by atoms with E-state index in [1.165, 1.54) is 13.0 Å². The average Bonchev–Trinajstić information content (AvgIpc) is 2.18. The number of carboxylic acids is 1. The van der Waals surface area contributed by atoms with E-state index in [1.807, 2.05) is 0 Å². The molecule has 2 N–H and O–H groups in total. The van der Waals surface area contributed by atoms with Gasteiger partial charge in [0, 0.05) is 6.07 Å². The number of carbonyl (C=O) groups excluding carboxylic acids is 1. The van der Waals surface area contributed by atoms with Crippen molar-refractivity contribution in [2.75, 3.05) is 0 Å². The van der Waals surface area contributed by atoms with E-state index in [0.29, 0.717) is 0 Å². The van der Waals surface area contributed by atoms with Crippen LogP contribution in [0.25, 0.3) is 0 Å². The largest absolute Gasteiger partial charge is 0.480 e. The predicted octanol–water partition coefficient (Wildman–Crippen LogP) is -0.157. The Morgan fingerprint density at radius 2 is 2.13 bits per heavy atom. The lowest BCUT2D eigenvalue weighted by Crippen LogP contribution is -2.38. The molecule has 1 aromatic heterocycles. The van der Waals surface area contributed by atoms with Crippen LogP contribution in [0, 0.1) is 0 Å². The summed E-state index contributed by atoms with van der Waals surface area (Å²) in [5, 5.41) is 10.7. The first kappa shape index (κ1) is 11.0. The smallest absolute Gasteiger partial charge is 0.335 e. The molecule has 6 heteroatoms. The minimum Gasteiger partial charge on any atom is -0.480 e. The zero-order valence-corrected chi connectivity index (χ0v) is 7.89. The zero-order valence-electron chi connectivity index (χ0n) is 7.89. The molecule has 1 heterocycles. The molecular weight excluding hydrogens is 202 g/mol. The molecule has 0 spiro atoms. The van der Waals surface area contributed by atoms with Crippen LogP contribution in [0.2, 0.25) is 0 Å². The van der Waals surface area contributed by atoms with Crippen molar-refractivity contribution >= 4 is 11.9 Å². The summed E-state index contributed by atoms with van der Waals surface area (Å²) in [4.78, 5) is 32.3. The number of hydrogen-bond acceptors (Lipinski definition) is 4. The Labute approximate surface area is 84.5 Å². The van der Waals surface area contributed by atoms with Crippen LogP contribution in [0.1, 0.15) is 17.3 Å². The highest BCUT2D eigenvalue weighted by molar-refractivity contribution is 5.95. The lowest BCUT2D eigenvalue weighted by molar-refractivity contribution is -0.138. The molecule has 0 aromatic carbocycles. The second-order valence-electron chi connectivity index (χ2n) is 2.88. The van der Waals surface area contributed by atoms with Gasteiger partial charge in [0.25, 0.3) is 5.91 Å². The fourth-order valence-corrected chi connectivity index (χ4v) is 0.829. The van der Waals surface area contributed by atoms with Gasteiger partial charge in [-0.25, -0.2) is 4.79 Å². The van der Waals surface area contributed by atoms with Crippen LogP contribution in [0.5, 0.6) is 0 Å². The highest BCUT2D eigenvalue weighted by atomic mass is 16.4. The van der Waals surface area contributed by atoms with Crippen LogP contribution in [0.3, 0.4) is 0 Å². The minimum absolute atomic E-state index is 0.0997. The van der Waals surface area contributed by atoms with E-state index in [9.17, 15) is 14.4 Å². The van der Waals surface area contributed by atoms with Crippen LogP contribution < -0.4 is 10.9 Å². The number of aliphatic carboxylic acids is 1. The van der Waals surface area contributed by atoms with Crippen molar-refractivity contribution in [2.45, 2.75) is 13.0 Å². The highest BCUT2D eigenvalue weighted by Crippen LogP contribution is 1.96. The fraction of sp³-hybridized carbons (Fsp3) is 0.222. The van der Waals surface area contributed by atoms with E-state index in [-0.39, 0.29) is 5.56 Å². The second-order valence-corrected chi connectivity index (χ2v) is 2.88. The molecule has 0 bridgehead atoms. The summed E-state index contributed by atoms with van der Waals surface area (Å²) in [5.41, 5.74) is -0.472. The van der Waals surface area contributed by atoms with Crippen LogP contribution in [-0.4, -0.2) is 23.0 Å². The summed E-state index contributed by atoms with van der Waals surface area (Å²) in [7, 11) is 0. The molecule has 15 heavy (non-hydrogen) atoms. The Hall–Kier alpha value is -2.11. The van der Waals surface area contributed by atoms with Crippen LogP contribution in [-0.2, 0) is 4.79 Å². The first-order chi connectivity index (χ1) is 7.00. The molecule has 0 aliphatic carbocycles. The summed E-state index contributed by atoms with van der Waals surface area (Å²) < 4.78 is 4.46. The molecule has 1 atom stereocenters. The summed E-state index contributed by atoms with van der Waals surface area (Å²) in [5.74, 6) is -1.74. The van der Waals surface area contributed by atoms with E-state index in [2.05, 4.69) is 9.73 Å². The zero-order chi connectivity index (χ0) is 11.4. The summed E-state index contributed by atoms with van der Waals surface area (Å²) >= 11 is 0. The fourth-order valence-electron chi connectivity index (χ4n) is 0.829. The average molecular weight is 211 g/mol. The number of rotatable bonds is 3. The summed E-state index contributed by atoms with van der Waals surface area (Å²) in [6.45, 7) is 1.33. The van der Waals surface area contributed by atoms with Gasteiger partial charge >= 0.3 is 11.6 Å². The molecule has 0 saturated carbocycles. The van der Waals surface area contributed by atoms with E-state index in [0.717, 1.165) is 12.3 Å². The minimum atomic E-state index is -1.14. The van der Waals surface area contributed by atoms with Gasteiger partial charge < -0.3 is 14.8 Å². The number of amides is 1. The van der Waals surface area contributed by atoms with Crippen LogP contribution >= 0.6 is 0 Å². The molecule has 1 aromatic rings. The van der Waals surface area contributed by atoms with Crippen LogP contribution in [0.4, 0.5) is 0 Å². The number of nitrogens with one attached hydrogen (secondary N) is 1. The Morgan fingerprint density at radius 3 is 2.60 bits per heavy atom. The summed E-state index contributed by atoms with van der Waals surface area (Å²) in [6.07, 6.45) is 0.978. The van der Waals surface area contributed by atoms with Gasteiger partial charge in [-0.05, 0) is 13.0 Å². The Kier molecular flexibility index (Phi) is 3.22. The van der Waals surface area contributed by atoms with Crippen LogP contribution in [0.15, 0.2) is 27.6 Å². The van der Waals surface area contributed by atoms with E-state index < -0.39 is 23.5 Å². The third-order valence-electron chi connectivity index (χ3n) is 1.68. The van der Waals surface area contributed by atoms with Gasteiger partial charge in [0.05, 0.1) is 5.56 Å². The lowest BCUT2D eigenvalue weighted by Gasteiger charge is -2.07. The third-order valence-corrected chi connectivity index (χ3v) is 1.68. The SMILES string of the molecule is C[C@H](NC(=O)c1ccc(=O)oc1)C(=O)O. The van der Waals surface area contributed by atoms with Gasteiger partial charge in [0.15, 0.2) is 0 Å². The van der Waals surface area contributed by atoms with E-state index >= 15 is 0 Å². The van der Waals surface area contributed by atoms with Crippen molar-refractivity contribution < 1.29 is 19.1 Å². The normalized spacial score (nSPS) is 11.8. The first-order valence-electron chi connectivity index (χ1n) is 4.13.